The summed E-state index contributed by atoms with van der Waals surface area (Å²) in [6, 6.07) is 4.22. The van der Waals surface area contributed by atoms with Gasteiger partial charge >= 0.3 is 0 Å². The first-order valence-corrected chi connectivity index (χ1v) is 10.8. The van der Waals surface area contributed by atoms with Crippen LogP contribution in [0.15, 0.2) is 23.7 Å². The molecule has 0 radical (unpaired) electrons. The Morgan fingerprint density at radius 2 is 2.04 bits per heavy atom. The standard InChI is InChI=1S/C17H21N3OS.C4H8O2/c1-12-11-22-17(19-12)16-9-14(5-6-18-16)8-15-4-3-7-20(10-15)13(2)21;1-2-6-4-3-5-1/h5-6,9,11,15H,3-4,7-8,10H2,1-2H3;1-4H2. The number of likely N-dealkylation sites (tertiary alicyclic amines) is 1. The molecule has 1 amide bonds. The van der Waals surface area contributed by atoms with Crippen LogP contribution in [0.2, 0.25) is 0 Å². The lowest BCUT2D eigenvalue weighted by Gasteiger charge is -2.32. The highest BCUT2D eigenvalue weighted by Crippen LogP contribution is 2.25. The van der Waals surface area contributed by atoms with Crippen LogP contribution in [0.4, 0.5) is 0 Å². The van der Waals surface area contributed by atoms with Crippen molar-refractivity contribution in [2.45, 2.75) is 33.1 Å². The van der Waals surface area contributed by atoms with Crippen LogP contribution >= 0.6 is 11.3 Å². The lowest BCUT2D eigenvalue weighted by Crippen LogP contribution is -2.39. The molecule has 1 atom stereocenters. The molecule has 0 aromatic carbocycles. The largest absolute Gasteiger partial charge is 0.377 e. The van der Waals surface area contributed by atoms with Gasteiger partial charge in [-0.2, -0.15) is 0 Å². The molecule has 1 unspecified atom stereocenters. The zero-order chi connectivity index (χ0) is 19.8. The van der Waals surface area contributed by atoms with Crippen LogP contribution in [0.1, 0.15) is 31.0 Å². The average molecular weight is 404 g/mol. The fraction of sp³-hybridized carbons (Fsp3) is 0.571. The van der Waals surface area contributed by atoms with Crippen LogP contribution in [0.5, 0.6) is 0 Å². The maximum atomic E-state index is 11.5. The minimum absolute atomic E-state index is 0.193. The molecule has 2 saturated heterocycles. The molecule has 0 saturated carbocycles. The van der Waals surface area contributed by atoms with Crippen molar-refractivity contribution in [1.29, 1.82) is 0 Å². The highest BCUT2D eigenvalue weighted by molar-refractivity contribution is 7.13. The molecule has 0 bridgehead atoms. The van der Waals surface area contributed by atoms with Crippen molar-refractivity contribution in [2.24, 2.45) is 5.92 Å². The van der Waals surface area contributed by atoms with E-state index in [0.29, 0.717) is 5.92 Å². The number of hydrogen-bond acceptors (Lipinski definition) is 6. The summed E-state index contributed by atoms with van der Waals surface area (Å²) in [7, 11) is 0. The van der Waals surface area contributed by atoms with Crippen molar-refractivity contribution in [2.75, 3.05) is 39.5 Å². The molecule has 0 N–H and O–H groups in total. The molecular weight excluding hydrogens is 374 g/mol. The van der Waals surface area contributed by atoms with Crippen LogP contribution in [-0.2, 0) is 20.7 Å². The van der Waals surface area contributed by atoms with E-state index in [1.165, 1.54) is 12.0 Å². The van der Waals surface area contributed by atoms with Gasteiger partial charge in [-0.05, 0) is 49.8 Å². The third kappa shape index (κ3) is 6.36. The lowest BCUT2D eigenvalue weighted by molar-refractivity contribution is -0.130. The van der Waals surface area contributed by atoms with E-state index in [9.17, 15) is 4.79 Å². The molecule has 2 aromatic rings. The van der Waals surface area contributed by atoms with Gasteiger partial charge in [0.25, 0.3) is 0 Å². The molecule has 2 fully saturated rings. The summed E-state index contributed by atoms with van der Waals surface area (Å²) in [5, 5.41) is 3.03. The van der Waals surface area contributed by atoms with Gasteiger partial charge in [-0.15, -0.1) is 11.3 Å². The summed E-state index contributed by atoms with van der Waals surface area (Å²) in [6.07, 6.45) is 5.17. The van der Waals surface area contributed by atoms with Gasteiger partial charge in [0.1, 0.15) is 5.01 Å². The second-order valence-electron chi connectivity index (χ2n) is 7.25. The summed E-state index contributed by atoms with van der Waals surface area (Å²) in [6.45, 7) is 8.56. The van der Waals surface area contributed by atoms with Crippen molar-refractivity contribution >= 4 is 17.2 Å². The molecule has 0 spiro atoms. The van der Waals surface area contributed by atoms with E-state index in [1.54, 1.807) is 18.3 Å². The Morgan fingerprint density at radius 1 is 1.29 bits per heavy atom. The third-order valence-corrected chi connectivity index (χ3v) is 5.88. The molecule has 152 valence electrons. The molecule has 4 rings (SSSR count). The van der Waals surface area contributed by atoms with Gasteiger partial charge in [0, 0.05) is 37.3 Å². The molecule has 28 heavy (non-hydrogen) atoms. The number of aromatic nitrogens is 2. The predicted molar refractivity (Wildman–Crippen MR) is 110 cm³/mol. The van der Waals surface area contributed by atoms with Gasteiger partial charge in [0.2, 0.25) is 5.91 Å². The fourth-order valence-corrected chi connectivity index (χ4v) is 4.24. The number of hydrogen-bond donors (Lipinski definition) is 0. The van der Waals surface area contributed by atoms with E-state index in [1.807, 2.05) is 18.0 Å². The van der Waals surface area contributed by atoms with Crippen LogP contribution in [-0.4, -0.2) is 60.3 Å². The topological polar surface area (TPSA) is 64.6 Å². The molecule has 2 aliphatic heterocycles. The molecule has 2 aliphatic rings. The number of aryl methyl sites for hydroxylation is 1. The number of nitrogens with zero attached hydrogens (tertiary/aromatic N) is 3. The zero-order valence-electron chi connectivity index (χ0n) is 16.7. The van der Waals surface area contributed by atoms with E-state index in [4.69, 9.17) is 9.47 Å². The normalized spacial score (nSPS) is 19.6. The first kappa shape index (κ1) is 20.9. The number of carbonyl (C=O) groups excluding carboxylic acids is 1. The number of ether oxygens (including phenoxy) is 2. The highest BCUT2D eigenvalue weighted by atomic mass is 32.1. The Hall–Kier alpha value is -1.83. The Bertz CT molecular complexity index is 749. The second kappa shape index (κ2) is 10.6. The Balaban J connectivity index is 0.000000320. The summed E-state index contributed by atoms with van der Waals surface area (Å²) >= 11 is 1.64. The summed E-state index contributed by atoms with van der Waals surface area (Å²) in [4.78, 5) is 22.5. The molecule has 6 nitrogen and oxygen atoms in total. The first-order chi connectivity index (χ1) is 13.6. The van der Waals surface area contributed by atoms with Gasteiger partial charge in [-0.3, -0.25) is 9.78 Å². The van der Waals surface area contributed by atoms with Gasteiger partial charge in [-0.1, -0.05) is 0 Å². The second-order valence-corrected chi connectivity index (χ2v) is 8.10. The van der Waals surface area contributed by atoms with E-state index in [2.05, 4.69) is 27.5 Å². The molecule has 2 aromatic heterocycles. The Morgan fingerprint density at radius 3 is 2.64 bits per heavy atom. The SMILES string of the molecule is C1COCCO1.CC(=O)N1CCCC(Cc2ccnc(-c3nc(C)cs3)c2)C1. The Labute approximate surface area is 170 Å². The number of amides is 1. The van der Waals surface area contributed by atoms with E-state index in [0.717, 1.165) is 68.8 Å². The van der Waals surface area contributed by atoms with Crippen LogP contribution in [0.3, 0.4) is 0 Å². The monoisotopic (exact) mass is 403 g/mol. The predicted octanol–water partition coefficient (Wildman–Crippen LogP) is 3.35. The maximum absolute atomic E-state index is 11.5. The van der Waals surface area contributed by atoms with Crippen molar-refractivity contribution in [3.05, 3.63) is 35.0 Å². The van der Waals surface area contributed by atoms with Crippen LogP contribution < -0.4 is 0 Å². The summed E-state index contributed by atoms with van der Waals surface area (Å²) in [5.41, 5.74) is 3.28. The lowest BCUT2D eigenvalue weighted by atomic mass is 9.91. The zero-order valence-corrected chi connectivity index (χ0v) is 17.5. The number of pyridine rings is 1. The highest BCUT2D eigenvalue weighted by Gasteiger charge is 2.21. The van der Waals surface area contributed by atoms with Gasteiger partial charge in [0.15, 0.2) is 0 Å². The average Bonchev–Trinajstić information content (AvgIpc) is 3.17. The van der Waals surface area contributed by atoms with E-state index >= 15 is 0 Å². The smallest absolute Gasteiger partial charge is 0.219 e. The quantitative estimate of drug-likeness (QED) is 0.786. The van der Waals surface area contributed by atoms with Crippen molar-refractivity contribution in [3.8, 4) is 10.7 Å². The van der Waals surface area contributed by atoms with Crippen molar-refractivity contribution in [1.82, 2.24) is 14.9 Å². The number of piperidine rings is 1. The van der Waals surface area contributed by atoms with Gasteiger partial charge in [0.05, 0.1) is 32.1 Å². The van der Waals surface area contributed by atoms with E-state index < -0.39 is 0 Å². The minimum atomic E-state index is 0.193. The molecule has 4 heterocycles. The number of rotatable bonds is 3. The molecular formula is C21H29N3O3S. The number of carbonyl (C=O) groups is 1. The van der Waals surface area contributed by atoms with Gasteiger partial charge < -0.3 is 14.4 Å². The fourth-order valence-electron chi connectivity index (χ4n) is 3.48. The minimum Gasteiger partial charge on any atom is -0.377 e. The molecule has 7 heteroatoms. The Kier molecular flexibility index (Phi) is 7.94. The van der Waals surface area contributed by atoms with Crippen molar-refractivity contribution in [3.63, 3.8) is 0 Å². The van der Waals surface area contributed by atoms with E-state index in [-0.39, 0.29) is 5.91 Å². The van der Waals surface area contributed by atoms with Gasteiger partial charge in [-0.25, -0.2) is 4.98 Å². The third-order valence-electron chi connectivity index (χ3n) is 4.90. The van der Waals surface area contributed by atoms with Crippen molar-refractivity contribution < 1.29 is 14.3 Å². The summed E-state index contributed by atoms with van der Waals surface area (Å²) in [5.74, 6) is 0.740. The summed E-state index contributed by atoms with van der Waals surface area (Å²) < 4.78 is 9.89. The first-order valence-electron chi connectivity index (χ1n) is 9.90. The van der Waals surface area contributed by atoms with Crippen LogP contribution in [0, 0.1) is 12.8 Å². The number of thiazole rings is 1. The van der Waals surface area contributed by atoms with Crippen LogP contribution in [0.25, 0.3) is 10.7 Å². The maximum Gasteiger partial charge on any atom is 0.219 e. The molecule has 0 aliphatic carbocycles.